The highest BCUT2D eigenvalue weighted by atomic mass is 35.5. The normalized spacial score (nSPS) is 11.0. The summed E-state index contributed by atoms with van der Waals surface area (Å²) in [5.41, 5.74) is 2.61. The molecule has 2 aromatic carbocycles. The molecule has 0 bridgehead atoms. The zero-order valence-electron chi connectivity index (χ0n) is 18.1. The topological polar surface area (TPSA) is 91.8 Å². The number of hydrogen-bond donors (Lipinski definition) is 0. The number of halogens is 1. The summed E-state index contributed by atoms with van der Waals surface area (Å²) in [4.78, 5) is 8.60. The summed E-state index contributed by atoms with van der Waals surface area (Å²) in [6.45, 7) is 2.57. The lowest BCUT2D eigenvalue weighted by molar-refractivity contribution is 0.340. The van der Waals surface area contributed by atoms with Crippen molar-refractivity contribution in [3.63, 3.8) is 0 Å². The van der Waals surface area contributed by atoms with Crippen molar-refractivity contribution in [2.24, 2.45) is 0 Å². The first kappa shape index (κ1) is 22.1. The highest BCUT2D eigenvalue weighted by molar-refractivity contribution is 7.98. The van der Waals surface area contributed by atoms with Gasteiger partial charge >= 0.3 is 0 Å². The van der Waals surface area contributed by atoms with E-state index in [0.29, 0.717) is 40.1 Å². The van der Waals surface area contributed by atoms with Gasteiger partial charge in [0.15, 0.2) is 11.0 Å². The minimum atomic E-state index is 0.430. The van der Waals surface area contributed by atoms with E-state index in [1.165, 1.54) is 11.8 Å². The van der Waals surface area contributed by atoms with Gasteiger partial charge in [0, 0.05) is 34.2 Å². The standard InChI is InChI=1S/C24H19ClN6O2S/c1-2-32-20-8-6-19(7-9-20)31-23(16-10-12-26-13-11-16)28-29-24(31)34-15-21-27-22(30-33-21)17-4-3-5-18(25)14-17/h3-14H,2,15H2,1H3. The molecule has 5 rings (SSSR count). The summed E-state index contributed by atoms with van der Waals surface area (Å²) in [6, 6.07) is 19.0. The van der Waals surface area contributed by atoms with Gasteiger partial charge in [0.2, 0.25) is 11.7 Å². The van der Waals surface area contributed by atoms with E-state index < -0.39 is 0 Å². The largest absolute Gasteiger partial charge is 0.494 e. The highest BCUT2D eigenvalue weighted by Crippen LogP contribution is 2.30. The van der Waals surface area contributed by atoms with Crippen LogP contribution in [0.4, 0.5) is 0 Å². The van der Waals surface area contributed by atoms with Crippen LogP contribution in [0, 0.1) is 0 Å². The van der Waals surface area contributed by atoms with Crippen molar-refractivity contribution in [3.05, 3.63) is 84.0 Å². The number of ether oxygens (including phenoxy) is 1. The van der Waals surface area contributed by atoms with Crippen LogP contribution >= 0.6 is 23.4 Å². The Morgan fingerprint density at radius 2 is 1.82 bits per heavy atom. The van der Waals surface area contributed by atoms with Gasteiger partial charge in [-0.05, 0) is 55.5 Å². The summed E-state index contributed by atoms with van der Waals surface area (Å²) in [5.74, 6) is 2.91. The second-order valence-electron chi connectivity index (χ2n) is 7.12. The van der Waals surface area contributed by atoms with E-state index in [2.05, 4.69) is 25.3 Å². The van der Waals surface area contributed by atoms with E-state index in [-0.39, 0.29) is 0 Å². The number of thioether (sulfide) groups is 1. The molecule has 5 aromatic rings. The number of benzene rings is 2. The van der Waals surface area contributed by atoms with Crippen molar-refractivity contribution in [1.29, 1.82) is 0 Å². The zero-order chi connectivity index (χ0) is 23.3. The molecule has 0 fully saturated rings. The Kier molecular flexibility index (Phi) is 6.55. The number of nitrogens with zero attached hydrogens (tertiary/aromatic N) is 6. The van der Waals surface area contributed by atoms with Crippen LogP contribution in [0.1, 0.15) is 12.8 Å². The summed E-state index contributed by atoms with van der Waals surface area (Å²) in [7, 11) is 0. The van der Waals surface area contributed by atoms with E-state index in [9.17, 15) is 0 Å². The van der Waals surface area contributed by atoms with Crippen LogP contribution < -0.4 is 4.74 Å². The lowest BCUT2D eigenvalue weighted by Gasteiger charge is -2.11. The average molecular weight is 491 g/mol. The summed E-state index contributed by atoms with van der Waals surface area (Å²) in [5, 5.41) is 14.3. The van der Waals surface area contributed by atoms with Gasteiger partial charge in [0.05, 0.1) is 12.4 Å². The van der Waals surface area contributed by atoms with Gasteiger partial charge in [-0.3, -0.25) is 9.55 Å². The van der Waals surface area contributed by atoms with Gasteiger partial charge in [0.25, 0.3) is 0 Å². The molecule has 170 valence electrons. The van der Waals surface area contributed by atoms with Crippen LogP contribution in [0.25, 0.3) is 28.5 Å². The lowest BCUT2D eigenvalue weighted by atomic mass is 10.2. The van der Waals surface area contributed by atoms with Crippen molar-refractivity contribution in [2.75, 3.05) is 6.61 Å². The van der Waals surface area contributed by atoms with E-state index >= 15 is 0 Å². The van der Waals surface area contributed by atoms with Gasteiger partial charge in [-0.1, -0.05) is 40.7 Å². The molecule has 34 heavy (non-hydrogen) atoms. The molecule has 0 N–H and O–H groups in total. The first-order valence-corrected chi connectivity index (χ1v) is 11.9. The fraction of sp³-hybridized carbons (Fsp3) is 0.125. The van der Waals surface area contributed by atoms with E-state index in [0.717, 1.165) is 22.6 Å². The molecule has 0 aliphatic rings. The monoisotopic (exact) mass is 490 g/mol. The molecule has 3 aromatic heterocycles. The van der Waals surface area contributed by atoms with Crippen molar-refractivity contribution < 1.29 is 9.26 Å². The fourth-order valence-corrected chi connectivity index (χ4v) is 4.31. The van der Waals surface area contributed by atoms with Gasteiger partial charge in [-0.15, -0.1) is 10.2 Å². The molecular weight excluding hydrogens is 472 g/mol. The average Bonchev–Trinajstić information content (AvgIpc) is 3.51. The molecule has 8 nitrogen and oxygen atoms in total. The number of hydrogen-bond acceptors (Lipinski definition) is 8. The maximum atomic E-state index is 6.08. The van der Waals surface area contributed by atoms with Crippen molar-refractivity contribution in [1.82, 2.24) is 29.9 Å². The zero-order valence-corrected chi connectivity index (χ0v) is 19.7. The molecule has 0 unspecified atom stereocenters. The predicted octanol–water partition coefficient (Wildman–Crippen LogP) is 5.72. The first-order chi connectivity index (χ1) is 16.7. The molecule has 10 heteroatoms. The van der Waals surface area contributed by atoms with Crippen molar-refractivity contribution in [3.8, 4) is 34.2 Å². The van der Waals surface area contributed by atoms with Crippen LogP contribution in [0.3, 0.4) is 0 Å². The van der Waals surface area contributed by atoms with Crippen LogP contribution in [-0.4, -0.2) is 36.5 Å². The van der Waals surface area contributed by atoms with E-state index in [1.807, 2.05) is 60.0 Å². The second-order valence-corrected chi connectivity index (χ2v) is 8.49. The van der Waals surface area contributed by atoms with E-state index in [4.69, 9.17) is 20.9 Å². The molecular formula is C24H19ClN6O2S. The van der Waals surface area contributed by atoms with Crippen LogP contribution in [0.15, 0.2) is 82.7 Å². The molecule has 3 heterocycles. The summed E-state index contributed by atoms with van der Waals surface area (Å²) < 4.78 is 13.0. The molecule has 0 amide bonds. The predicted molar refractivity (Wildman–Crippen MR) is 130 cm³/mol. The first-order valence-electron chi connectivity index (χ1n) is 10.5. The Morgan fingerprint density at radius 1 is 1.00 bits per heavy atom. The van der Waals surface area contributed by atoms with Crippen LogP contribution in [-0.2, 0) is 5.75 Å². The van der Waals surface area contributed by atoms with Crippen molar-refractivity contribution >= 4 is 23.4 Å². The Hall–Kier alpha value is -3.69. The Balaban J connectivity index is 1.43. The quantitative estimate of drug-likeness (QED) is 0.255. The number of aromatic nitrogens is 6. The van der Waals surface area contributed by atoms with Crippen LogP contribution in [0.2, 0.25) is 5.02 Å². The SMILES string of the molecule is CCOc1ccc(-n2c(SCc3nc(-c4cccc(Cl)c4)no3)nnc2-c2ccncc2)cc1. The smallest absolute Gasteiger partial charge is 0.237 e. The molecule has 0 saturated heterocycles. The molecule has 0 atom stereocenters. The van der Waals surface area contributed by atoms with Gasteiger partial charge < -0.3 is 9.26 Å². The van der Waals surface area contributed by atoms with Gasteiger partial charge in [0.1, 0.15) is 5.75 Å². The third-order valence-corrected chi connectivity index (χ3v) is 6.00. The summed E-state index contributed by atoms with van der Waals surface area (Å²) in [6.07, 6.45) is 3.46. The summed E-state index contributed by atoms with van der Waals surface area (Å²) >= 11 is 7.54. The van der Waals surface area contributed by atoms with Gasteiger partial charge in [-0.25, -0.2) is 0 Å². The third-order valence-electron chi connectivity index (χ3n) is 4.85. The maximum Gasteiger partial charge on any atom is 0.237 e. The second kappa shape index (κ2) is 10.1. The van der Waals surface area contributed by atoms with Crippen molar-refractivity contribution in [2.45, 2.75) is 17.8 Å². The lowest BCUT2D eigenvalue weighted by Crippen LogP contribution is -2.00. The molecule has 0 spiro atoms. The van der Waals surface area contributed by atoms with Crippen LogP contribution in [0.5, 0.6) is 5.75 Å². The highest BCUT2D eigenvalue weighted by Gasteiger charge is 2.18. The fourth-order valence-electron chi connectivity index (χ4n) is 3.33. The molecule has 0 radical (unpaired) electrons. The molecule has 0 saturated carbocycles. The minimum absolute atomic E-state index is 0.430. The third kappa shape index (κ3) is 4.80. The Morgan fingerprint density at radius 3 is 2.59 bits per heavy atom. The van der Waals surface area contributed by atoms with E-state index in [1.54, 1.807) is 24.5 Å². The maximum absolute atomic E-state index is 6.08. The Labute approximate surface area is 205 Å². The Bertz CT molecular complexity index is 1390. The minimum Gasteiger partial charge on any atom is -0.494 e. The van der Waals surface area contributed by atoms with Gasteiger partial charge in [-0.2, -0.15) is 4.98 Å². The number of rotatable bonds is 8. The molecule has 0 aliphatic carbocycles. The number of pyridine rings is 1. The molecule has 0 aliphatic heterocycles.